The van der Waals surface area contributed by atoms with E-state index in [0.717, 1.165) is 6.07 Å². The molecule has 19 heavy (non-hydrogen) atoms. The van der Waals surface area contributed by atoms with Gasteiger partial charge < -0.3 is 5.32 Å². The second kappa shape index (κ2) is 5.78. The van der Waals surface area contributed by atoms with Crippen molar-refractivity contribution in [2.24, 2.45) is 0 Å². The van der Waals surface area contributed by atoms with Crippen LogP contribution in [-0.2, 0) is 6.42 Å². The summed E-state index contributed by atoms with van der Waals surface area (Å²) in [7, 11) is 0. The molecule has 2 rings (SSSR count). The van der Waals surface area contributed by atoms with Gasteiger partial charge in [-0.3, -0.25) is 0 Å². The number of halogens is 3. The minimum Gasteiger partial charge on any atom is -0.380 e. The number of hydrogen-bond acceptors (Lipinski definition) is 1. The molecule has 0 saturated carbocycles. The van der Waals surface area contributed by atoms with Crippen molar-refractivity contribution in [2.45, 2.75) is 19.4 Å². The van der Waals surface area contributed by atoms with E-state index < -0.39 is 11.6 Å². The van der Waals surface area contributed by atoms with E-state index in [1.807, 2.05) is 0 Å². The molecule has 100 valence electrons. The third kappa shape index (κ3) is 3.28. The van der Waals surface area contributed by atoms with Gasteiger partial charge in [-0.15, -0.1) is 0 Å². The van der Waals surface area contributed by atoms with Gasteiger partial charge in [0.25, 0.3) is 0 Å². The molecule has 1 atom stereocenters. The summed E-state index contributed by atoms with van der Waals surface area (Å²) >= 11 is 0. The van der Waals surface area contributed by atoms with Crippen molar-refractivity contribution in [3.8, 4) is 0 Å². The van der Waals surface area contributed by atoms with Gasteiger partial charge in [-0.25, -0.2) is 13.2 Å². The SMILES string of the molecule is CC(Cc1ccccc1F)Nc1cccc(F)c1F. The van der Waals surface area contributed by atoms with Gasteiger partial charge in [0.15, 0.2) is 11.6 Å². The van der Waals surface area contributed by atoms with Crippen LogP contribution in [0, 0.1) is 17.5 Å². The van der Waals surface area contributed by atoms with Crippen LogP contribution in [0.2, 0.25) is 0 Å². The zero-order valence-corrected chi connectivity index (χ0v) is 10.5. The van der Waals surface area contributed by atoms with E-state index in [-0.39, 0.29) is 17.5 Å². The summed E-state index contributed by atoms with van der Waals surface area (Å²) in [5, 5.41) is 2.85. The van der Waals surface area contributed by atoms with Crippen LogP contribution in [0.25, 0.3) is 0 Å². The first kappa shape index (κ1) is 13.5. The standard InChI is InChI=1S/C15H14F3N/c1-10(9-11-5-2-3-6-12(11)16)19-14-8-4-7-13(17)15(14)18/h2-8,10,19H,9H2,1H3. The van der Waals surface area contributed by atoms with Crippen molar-refractivity contribution in [3.63, 3.8) is 0 Å². The average Bonchev–Trinajstić information content (AvgIpc) is 2.38. The molecular formula is C15H14F3N. The second-order valence-electron chi connectivity index (χ2n) is 4.44. The molecule has 0 bridgehead atoms. The van der Waals surface area contributed by atoms with Gasteiger partial charge in [-0.05, 0) is 37.1 Å². The fourth-order valence-corrected chi connectivity index (χ4v) is 1.93. The Morgan fingerprint density at radius 3 is 2.37 bits per heavy atom. The zero-order valence-electron chi connectivity index (χ0n) is 10.5. The minimum absolute atomic E-state index is 0.0869. The summed E-state index contributed by atoms with van der Waals surface area (Å²) in [5.41, 5.74) is 0.628. The molecule has 4 heteroatoms. The van der Waals surface area contributed by atoms with Crippen molar-refractivity contribution in [2.75, 3.05) is 5.32 Å². The van der Waals surface area contributed by atoms with Gasteiger partial charge in [0.2, 0.25) is 0 Å². The molecule has 0 aliphatic heterocycles. The zero-order chi connectivity index (χ0) is 13.8. The molecule has 0 fully saturated rings. The van der Waals surface area contributed by atoms with E-state index in [1.54, 1.807) is 25.1 Å². The summed E-state index contributed by atoms with van der Waals surface area (Å²) in [6, 6.07) is 10.1. The van der Waals surface area contributed by atoms with Crippen molar-refractivity contribution in [3.05, 3.63) is 65.5 Å². The van der Waals surface area contributed by atoms with Gasteiger partial charge in [-0.2, -0.15) is 0 Å². The van der Waals surface area contributed by atoms with E-state index in [1.165, 1.54) is 18.2 Å². The number of nitrogens with one attached hydrogen (secondary N) is 1. The monoisotopic (exact) mass is 265 g/mol. The Balaban J connectivity index is 2.08. The summed E-state index contributed by atoms with van der Waals surface area (Å²) in [6.07, 6.45) is 0.391. The third-order valence-corrected chi connectivity index (χ3v) is 2.84. The molecule has 2 aromatic carbocycles. The molecule has 0 spiro atoms. The molecule has 0 amide bonds. The predicted molar refractivity (Wildman–Crippen MR) is 69.5 cm³/mol. The van der Waals surface area contributed by atoms with Crippen molar-refractivity contribution in [1.82, 2.24) is 0 Å². The predicted octanol–water partition coefficient (Wildman–Crippen LogP) is 4.15. The molecule has 0 aliphatic carbocycles. The minimum atomic E-state index is -0.914. The lowest BCUT2D eigenvalue weighted by Crippen LogP contribution is -2.19. The van der Waals surface area contributed by atoms with E-state index in [9.17, 15) is 13.2 Å². The number of rotatable bonds is 4. The maximum atomic E-state index is 13.5. The molecule has 0 aliphatic rings. The van der Waals surface area contributed by atoms with Crippen LogP contribution < -0.4 is 5.32 Å². The van der Waals surface area contributed by atoms with Crippen LogP contribution in [0.4, 0.5) is 18.9 Å². The van der Waals surface area contributed by atoms with E-state index >= 15 is 0 Å². The van der Waals surface area contributed by atoms with Crippen LogP contribution in [0.3, 0.4) is 0 Å². The number of hydrogen-bond donors (Lipinski definition) is 1. The third-order valence-electron chi connectivity index (χ3n) is 2.84. The maximum absolute atomic E-state index is 13.5. The second-order valence-corrected chi connectivity index (χ2v) is 4.44. The first-order chi connectivity index (χ1) is 9.08. The lowest BCUT2D eigenvalue weighted by molar-refractivity contribution is 0.509. The summed E-state index contributed by atoms with van der Waals surface area (Å²) in [4.78, 5) is 0. The summed E-state index contributed by atoms with van der Waals surface area (Å²) < 4.78 is 40.0. The first-order valence-corrected chi connectivity index (χ1v) is 6.02. The van der Waals surface area contributed by atoms with E-state index in [2.05, 4.69) is 5.32 Å². The molecular weight excluding hydrogens is 251 g/mol. The van der Waals surface area contributed by atoms with Gasteiger partial charge in [0.1, 0.15) is 5.82 Å². The van der Waals surface area contributed by atoms with Crippen LogP contribution in [-0.4, -0.2) is 6.04 Å². The Labute approximate surface area is 110 Å². The Morgan fingerprint density at radius 2 is 1.63 bits per heavy atom. The van der Waals surface area contributed by atoms with Crippen molar-refractivity contribution >= 4 is 5.69 Å². The van der Waals surface area contributed by atoms with Gasteiger partial charge in [0, 0.05) is 6.04 Å². The molecule has 1 nitrogen and oxygen atoms in total. The largest absolute Gasteiger partial charge is 0.380 e. The maximum Gasteiger partial charge on any atom is 0.181 e. The lowest BCUT2D eigenvalue weighted by atomic mass is 10.1. The number of benzene rings is 2. The van der Waals surface area contributed by atoms with Crippen LogP contribution >= 0.6 is 0 Å². The normalized spacial score (nSPS) is 12.2. The molecule has 1 unspecified atom stereocenters. The van der Waals surface area contributed by atoms with E-state index in [0.29, 0.717) is 12.0 Å². The van der Waals surface area contributed by atoms with Crippen LogP contribution in [0.15, 0.2) is 42.5 Å². The molecule has 0 saturated heterocycles. The van der Waals surface area contributed by atoms with Crippen molar-refractivity contribution in [1.29, 1.82) is 0 Å². The quantitative estimate of drug-likeness (QED) is 0.875. The Kier molecular flexibility index (Phi) is 4.10. The Morgan fingerprint density at radius 1 is 0.947 bits per heavy atom. The highest BCUT2D eigenvalue weighted by Gasteiger charge is 2.11. The topological polar surface area (TPSA) is 12.0 Å². The highest BCUT2D eigenvalue weighted by atomic mass is 19.2. The Hall–Kier alpha value is -1.97. The van der Waals surface area contributed by atoms with Crippen LogP contribution in [0.5, 0.6) is 0 Å². The van der Waals surface area contributed by atoms with Gasteiger partial charge in [0.05, 0.1) is 5.69 Å². The highest BCUT2D eigenvalue weighted by molar-refractivity contribution is 5.46. The molecule has 1 N–H and O–H groups in total. The average molecular weight is 265 g/mol. The summed E-state index contributed by atoms with van der Waals surface area (Å²) in [5.74, 6) is -2.11. The molecule has 0 heterocycles. The lowest BCUT2D eigenvalue weighted by Gasteiger charge is -2.16. The Bertz CT molecular complexity index is 569. The van der Waals surface area contributed by atoms with E-state index in [4.69, 9.17) is 0 Å². The summed E-state index contributed by atoms with van der Waals surface area (Å²) in [6.45, 7) is 1.79. The van der Waals surface area contributed by atoms with Gasteiger partial charge >= 0.3 is 0 Å². The molecule has 2 aromatic rings. The number of anilines is 1. The smallest absolute Gasteiger partial charge is 0.181 e. The molecule has 0 aromatic heterocycles. The van der Waals surface area contributed by atoms with Crippen LogP contribution in [0.1, 0.15) is 12.5 Å². The first-order valence-electron chi connectivity index (χ1n) is 6.02. The fourth-order valence-electron chi connectivity index (χ4n) is 1.93. The molecule has 0 radical (unpaired) electrons. The fraction of sp³-hybridized carbons (Fsp3) is 0.200. The van der Waals surface area contributed by atoms with Gasteiger partial charge in [-0.1, -0.05) is 24.3 Å². The highest BCUT2D eigenvalue weighted by Crippen LogP contribution is 2.19. The van der Waals surface area contributed by atoms with Crippen molar-refractivity contribution < 1.29 is 13.2 Å².